The Morgan fingerprint density at radius 2 is 1.65 bits per heavy atom. The van der Waals surface area contributed by atoms with Crippen LogP contribution >= 0.6 is 0 Å². The third-order valence-corrected chi connectivity index (χ3v) is 4.46. The molecule has 4 heteroatoms. The molecule has 2 rings (SSSR count). The number of carbonyl (C=O) groups is 2. The van der Waals surface area contributed by atoms with Crippen molar-refractivity contribution in [1.82, 2.24) is 9.80 Å². The minimum Gasteiger partial charge on any atom is -0.342 e. The summed E-state index contributed by atoms with van der Waals surface area (Å²) in [6.45, 7) is 12.8. The maximum Gasteiger partial charge on any atom is 0.228 e. The molecule has 114 valence electrons. The number of nitrogens with zero attached hydrogens (tertiary/aromatic N) is 2. The van der Waals surface area contributed by atoms with Crippen LogP contribution in [0.25, 0.3) is 0 Å². The van der Waals surface area contributed by atoms with Crippen LogP contribution in [0.5, 0.6) is 0 Å². The van der Waals surface area contributed by atoms with Gasteiger partial charge in [0.2, 0.25) is 11.8 Å². The topological polar surface area (TPSA) is 40.6 Å². The molecule has 0 N–H and O–H groups in total. The highest BCUT2D eigenvalue weighted by molar-refractivity contribution is 5.89. The van der Waals surface area contributed by atoms with Crippen molar-refractivity contribution in [2.75, 3.05) is 19.6 Å². The Bertz CT molecular complexity index is 390. The van der Waals surface area contributed by atoms with Gasteiger partial charge in [-0.15, -0.1) is 0 Å². The molecule has 0 aromatic carbocycles. The highest BCUT2D eigenvalue weighted by Crippen LogP contribution is 2.29. The van der Waals surface area contributed by atoms with E-state index in [0.29, 0.717) is 24.8 Å². The number of amides is 2. The van der Waals surface area contributed by atoms with E-state index >= 15 is 0 Å². The molecule has 20 heavy (non-hydrogen) atoms. The minimum atomic E-state index is -0.186. The first-order valence-corrected chi connectivity index (χ1v) is 7.77. The van der Waals surface area contributed by atoms with Gasteiger partial charge in [-0.2, -0.15) is 0 Å². The molecule has 2 amide bonds. The smallest absolute Gasteiger partial charge is 0.228 e. The summed E-state index contributed by atoms with van der Waals surface area (Å²) in [7, 11) is 0. The summed E-state index contributed by atoms with van der Waals surface area (Å²) < 4.78 is 0. The first-order chi connectivity index (χ1) is 9.18. The van der Waals surface area contributed by atoms with Crippen LogP contribution in [0, 0.1) is 17.8 Å². The molecule has 0 radical (unpaired) electrons. The van der Waals surface area contributed by atoms with Crippen LogP contribution in [-0.2, 0) is 9.59 Å². The Balaban J connectivity index is 2.02. The van der Waals surface area contributed by atoms with Gasteiger partial charge in [0.1, 0.15) is 0 Å². The van der Waals surface area contributed by atoms with Crippen LogP contribution in [0.1, 0.15) is 47.5 Å². The second-order valence-electron chi connectivity index (χ2n) is 7.77. The number of rotatable bonds is 1. The van der Waals surface area contributed by atoms with Gasteiger partial charge in [0, 0.05) is 31.6 Å². The van der Waals surface area contributed by atoms with Gasteiger partial charge in [-0.1, -0.05) is 13.8 Å². The fraction of sp³-hybridized carbons (Fsp3) is 0.875. The lowest BCUT2D eigenvalue weighted by atomic mass is 9.91. The molecule has 2 aliphatic rings. The number of hydrogen-bond acceptors (Lipinski definition) is 2. The van der Waals surface area contributed by atoms with Crippen molar-refractivity contribution in [2.45, 2.75) is 53.0 Å². The van der Waals surface area contributed by atoms with Crippen LogP contribution in [0.2, 0.25) is 0 Å². The van der Waals surface area contributed by atoms with E-state index < -0.39 is 0 Å². The lowest BCUT2D eigenvalue weighted by Gasteiger charge is -2.37. The molecule has 0 saturated carbocycles. The standard InChI is InChI=1S/C16H28N2O2/c1-11-6-12(2)9-17(8-11)15(20)13-7-14(19)18(10-13)16(3,4)5/h11-13H,6-10H2,1-5H3/t11-,12-,13+/m0/s1. The van der Waals surface area contributed by atoms with Crippen molar-refractivity contribution in [3.63, 3.8) is 0 Å². The third kappa shape index (κ3) is 3.15. The quantitative estimate of drug-likeness (QED) is 0.738. The van der Waals surface area contributed by atoms with Gasteiger partial charge in [0.25, 0.3) is 0 Å². The molecular weight excluding hydrogens is 252 g/mol. The van der Waals surface area contributed by atoms with E-state index in [1.54, 1.807) is 0 Å². The second-order valence-corrected chi connectivity index (χ2v) is 7.77. The largest absolute Gasteiger partial charge is 0.342 e. The summed E-state index contributed by atoms with van der Waals surface area (Å²) in [4.78, 5) is 28.6. The zero-order chi connectivity index (χ0) is 15.1. The molecular formula is C16H28N2O2. The molecule has 0 aliphatic carbocycles. The summed E-state index contributed by atoms with van der Waals surface area (Å²) in [5.41, 5.74) is -0.186. The Kier molecular flexibility index (Phi) is 4.12. The summed E-state index contributed by atoms with van der Waals surface area (Å²) in [6.07, 6.45) is 1.58. The van der Waals surface area contributed by atoms with Crippen LogP contribution in [-0.4, -0.2) is 46.8 Å². The minimum absolute atomic E-state index is 0.119. The summed E-state index contributed by atoms with van der Waals surface area (Å²) >= 11 is 0. The van der Waals surface area contributed by atoms with E-state index in [0.717, 1.165) is 13.1 Å². The van der Waals surface area contributed by atoms with E-state index in [-0.39, 0.29) is 23.3 Å². The van der Waals surface area contributed by atoms with Gasteiger partial charge in [0.05, 0.1) is 5.92 Å². The average molecular weight is 280 g/mol. The lowest BCUT2D eigenvalue weighted by molar-refractivity contribution is -0.138. The van der Waals surface area contributed by atoms with Crippen LogP contribution in [0.3, 0.4) is 0 Å². The molecule has 0 aromatic rings. The van der Waals surface area contributed by atoms with Crippen molar-refractivity contribution in [3.8, 4) is 0 Å². The Hall–Kier alpha value is -1.06. The summed E-state index contributed by atoms with van der Waals surface area (Å²) in [5.74, 6) is 1.30. The van der Waals surface area contributed by atoms with E-state index in [4.69, 9.17) is 0 Å². The fourth-order valence-electron chi connectivity index (χ4n) is 3.62. The zero-order valence-electron chi connectivity index (χ0n) is 13.5. The van der Waals surface area contributed by atoms with Gasteiger partial charge in [-0.05, 0) is 39.0 Å². The monoisotopic (exact) mass is 280 g/mol. The van der Waals surface area contributed by atoms with Crippen molar-refractivity contribution in [1.29, 1.82) is 0 Å². The van der Waals surface area contributed by atoms with Gasteiger partial charge in [0.15, 0.2) is 0 Å². The highest BCUT2D eigenvalue weighted by atomic mass is 16.2. The Labute approximate surface area is 122 Å². The second kappa shape index (κ2) is 5.38. The number of piperidine rings is 1. The molecule has 4 nitrogen and oxygen atoms in total. The molecule has 3 atom stereocenters. The Morgan fingerprint density at radius 3 is 2.10 bits per heavy atom. The van der Waals surface area contributed by atoms with E-state index in [1.165, 1.54) is 6.42 Å². The maximum atomic E-state index is 12.7. The first-order valence-electron chi connectivity index (χ1n) is 7.77. The zero-order valence-corrected chi connectivity index (χ0v) is 13.5. The van der Waals surface area contributed by atoms with Crippen LogP contribution in [0.15, 0.2) is 0 Å². The van der Waals surface area contributed by atoms with Gasteiger partial charge >= 0.3 is 0 Å². The van der Waals surface area contributed by atoms with E-state index in [2.05, 4.69) is 13.8 Å². The SMILES string of the molecule is C[C@H]1C[C@H](C)CN(C(=O)[C@@H]2CC(=O)N(C(C)(C)C)C2)C1. The van der Waals surface area contributed by atoms with Crippen LogP contribution in [0.4, 0.5) is 0 Å². The molecule has 0 aromatic heterocycles. The summed E-state index contributed by atoms with van der Waals surface area (Å²) in [5, 5.41) is 0. The van der Waals surface area contributed by atoms with E-state index in [1.807, 2.05) is 30.6 Å². The predicted octanol–water partition coefficient (Wildman–Crippen LogP) is 2.14. The molecule has 2 fully saturated rings. The molecule has 2 aliphatic heterocycles. The van der Waals surface area contributed by atoms with Gasteiger partial charge < -0.3 is 9.80 Å². The first kappa shape index (κ1) is 15.3. The number of likely N-dealkylation sites (tertiary alicyclic amines) is 2. The van der Waals surface area contributed by atoms with Crippen molar-refractivity contribution >= 4 is 11.8 Å². The van der Waals surface area contributed by atoms with Crippen molar-refractivity contribution in [2.24, 2.45) is 17.8 Å². The third-order valence-electron chi connectivity index (χ3n) is 4.46. The number of carbonyl (C=O) groups excluding carboxylic acids is 2. The summed E-state index contributed by atoms with van der Waals surface area (Å²) in [6, 6.07) is 0. The fourth-order valence-corrected chi connectivity index (χ4v) is 3.62. The van der Waals surface area contributed by atoms with Crippen molar-refractivity contribution < 1.29 is 9.59 Å². The highest BCUT2D eigenvalue weighted by Gasteiger charge is 2.41. The van der Waals surface area contributed by atoms with E-state index in [9.17, 15) is 9.59 Å². The number of hydrogen-bond donors (Lipinski definition) is 0. The van der Waals surface area contributed by atoms with Crippen LogP contribution < -0.4 is 0 Å². The lowest BCUT2D eigenvalue weighted by Crippen LogP contribution is -2.47. The molecule has 0 spiro atoms. The molecule has 2 heterocycles. The normalized spacial score (nSPS) is 31.9. The van der Waals surface area contributed by atoms with Gasteiger partial charge in [-0.25, -0.2) is 0 Å². The predicted molar refractivity (Wildman–Crippen MR) is 79.1 cm³/mol. The molecule has 0 bridgehead atoms. The van der Waals surface area contributed by atoms with Crippen molar-refractivity contribution in [3.05, 3.63) is 0 Å². The molecule has 0 unspecified atom stereocenters. The average Bonchev–Trinajstić information content (AvgIpc) is 2.68. The Morgan fingerprint density at radius 1 is 1.10 bits per heavy atom. The molecule has 2 saturated heterocycles. The van der Waals surface area contributed by atoms with Gasteiger partial charge in [-0.3, -0.25) is 9.59 Å². The maximum absolute atomic E-state index is 12.7.